The van der Waals surface area contributed by atoms with Crippen LogP contribution in [-0.4, -0.2) is 64.6 Å². The number of carbonyl (C=O) groups is 1. The maximum absolute atomic E-state index is 14.1. The van der Waals surface area contributed by atoms with Crippen molar-refractivity contribution >= 4 is 37.4 Å². The minimum absolute atomic E-state index is 0.0827. The summed E-state index contributed by atoms with van der Waals surface area (Å²) in [7, 11) is -1.03. The minimum Gasteiger partial charge on any atom is -0.393 e. The number of benzene rings is 2. The first-order valence-corrected chi connectivity index (χ1v) is 16.6. The highest BCUT2D eigenvalue weighted by Crippen LogP contribution is 2.45. The molecule has 2 aromatic carbocycles. The maximum atomic E-state index is 14.1. The van der Waals surface area contributed by atoms with Gasteiger partial charge in [0.25, 0.3) is 5.91 Å². The summed E-state index contributed by atoms with van der Waals surface area (Å²) in [5, 5.41) is 15.3. The molecule has 2 heterocycles. The van der Waals surface area contributed by atoms with Crippen LogP contribution >= 0.6 is 8.38 Å². The maximum Gasteiger partial charge on any atom is 0.421 e. The molecule has 0 atom stereocenters. The Balaban J connectivity index is 1.36. The number of halogens is 9. The monoisotopic (exact) mass is 739 g/mol. The lowest BCUT2D eigenvalue weighted by molar-refractivity contribution is -0.162. The van der Waals surface area contributed by atoms with Gasteiger partial charge in [0, 0.05) is 31.6 Å². The van der Waals surface area contributed by atoms with Gasteiger partial charge < -0.3 is 29.7 Å². The molecule has 2 aliphatic rings. The van der Waals surface area contributed by atoms with Gasteiger partial charge in [-0.3, -0.25) is 4.79 Å². The van der Waals surface area contributed by atoms with E-state index >= 15 is 0 Å². The first-order chi connectivity index (χ1) is 23.4. The third kappa shape index (κ3) is 9.74. The average Bonchev–Trinajstić information content (AvgIpc) is 3.32. The van der Waals surface area contributed by atoms with Crippen molar-refractivity contribution < 1.29 is 58.5 Å². The van der Waals surface area contributed by atoms with Crippen molar-refractivity contribution in [3.63, 3.8) is 0 Å². The van der Waals surface area contributed by atoms with Crippen LogP contribution in [0.2, 0.25) is 0 Å². The van der Waals surface area contributed by atoms with Gasteiger partial charge >= 0.3 is 18.5 Å². The second-order valence-corrected chi connectivity index (χ2v) is 13.4. The zero-order valence-corrected chi connectivity index (χ0v) is 27.1. The lowest BCUT2D eigenvalue weighted by atomic mass is 9.80. The second-order valence-electron chi connectivity index (χ2n) is 11.9. The number of alkyl halides is 9. The van der Waals surface area contributed by atoms with Gasteiger partial charge in [-0.25, -0.2) is 4.98 Å². The van der Waals surface area contributed by atoms with E-state index in [0.29, 0.717) is 37.4 Å². The second kappa shape index (κ2) is 14.9. The Kier molecular flexibility index (Phi) is 11.2. The molecule has 0 bridgehead atoms. The molecule has 1 aromatic heterocycles. The number of anilines is 4. The number of hydrogen-bond donors (Lipinski definition) is 3. The van der Waals surface area contributed by atoms with E-state index in [0.717, 1.165) is 5.56 Å². The highest BCUT2D eigenvalue weighted by Gasteiger charge is 2.38. The molecule has 50 heavy (non-hydrogen) atoms. The summed E-state index contributed by atoms with van der Waals surface area (Å²) in [6, 6.07) is 8.77. The smallest absolute Gasteiger partial charge is 0.393 e. The van der Waals surface area contributed by atoms with Gasteiger partial charge in [-0.15, -0.1) is 0 Å². The molecule has 19 heteroatoms. The fourth-order valence-corrected chi connectivity index (χ4v) is 7.06. The van der Waals surface area contributed by atoms with Crippen LogP contribution in [0.3, 0.4) is 0 Å². The molecule has 9 nitrogen and oxygen atoms in total. The van der Waals surface area contributed by atoms with E-state index in [1.165, 1.54) is 35.2 Å². The molecule has 1 saturated carbocycles. The summed E-state index contributed by atoms with van der Waals surface area (Å²) in [5.41, 5.74) is 1.24. The molecular formula is C31H31F9N5O4P. The van der Waals surface area contributed by atoms with Gasteiger partial charge in [-0.1, -0.05) is 18.2 Å². The zero-order valence-electron chi connectivity index (χ0n) is 26.2. The van der Waals surface area contributed by atoms with Crippen molar-refractivity contribution in [2.24, 2.45) is 0 Å². The van der Waals surface area contributed by atoms with E-state index in [2.05, 4.69) is 29.6 Å². The number of nitrogens with one attached hydrogen (secondary N) is 2. The number of carbonyl (C=O) groups excluding carboxylic acids is 1. The zero-order chi connectivity index (χ0) is 36.4. The Morgan fingerprint density at radius 3 is 2.10 bits per heavy atom. The minimum atomic E-state index is -4.88. The quantitative estimate of drug-likeness (QED) is 0.133. The van der Waals surface area contributed by atoms with Crippen molar-refractivity contribution in [1.29, 1.82) is 0 Å². The van der Waals surface area contributed by atoms with Crippen molar-refractivity contribution in [2.45, 2.75) is 68.9 Å². The fourth-order valence-electron chi connectivity index (χ4n) is 5.71. The van der Waals surface area contributed by atoms with Crippen LogP contribution in [0.1, 0.15) is 64.2 Å². The summed E-state index contributed by atoms with van der Waals surface area (Å²) < 4.78 is 127. The number of rotatable bonds is 11. The van der Waals surface area contributed by atoms with Crippen LogP contribution < -0.4 is 10.6 Å². The Morgan fingerprint density at radius 2 is 1.52 bits per heavy atom. The first-order valence-electron chi connectivity index (χ1n) is 15.2. The number of aliphatic hydroxyl groups excluding tert-OH is 1. The molecule has 3 N–H and O–H groups in total. The Morgan fingerprint density at radius 1 is 0.900 bits per heavy atom. The fraction of sp³-hybridized carbons (Fsp3) is 0.452. The molecule has 5 rings (SSSR count). The first kappa shape index (κ1) is 37.5. The molecule has 272 valence electrons. The average molecular weight is 740 g/mol. The Bertz CT molecular complexity index is 1650. The number of hydrogen-bond acceptors (Lipinski definition) is 8. The van der Waals surface area contributed by atoms with Gasteiger partial charge in [0.05, 0.1) is 17.4 Å². The van der Waals surface area contributed by atoms with E-state index in [1.807, 2.05) is 0 Å². The van der Waals surface area contributed by atoms with Crippen LogP contribution in [0.15, 0.2) is 42.6 Å². The topological polar surface area (TPSA) is 109 Å². The summed E-state index contributed by atoms with van der Waals surface area (Å²) in [4.78, 5) is 22.5. The van der Waals surface area contributed by atoms with E-state index in [1.54, 1.807) is 13.1 Å². The van der Waals surface area contributed by atoms with Gasteiger partial charge in [-0.2, -0.15) is 44.5 Å². The lowest BCUT2D eigenvalue weighted by Gasteiger charge is -2.27. The predicted molar refractivity (Wildman–Crippen MR) is 164 cm³/mol. The summed E-state index contributed by atoms with van der Waals surface area (Å²) in [6.45, 7) is -3.34. The summed E-state index contributed by atoms with van der Waals surface area (Å²) in [5.74, 6) is -1.22. The number of amides is 1. The van der Waals surface area contributed by atoms with Crippen LogP contribution in [0, 0.1) is 0 Å². The van der Waals surface area contributed by atoms with E-state index in [4.69, 9.17) is 0 Å². The van der Waals surface area contributed by atoms with Crippen molar-refractivity contribution in [3.8, 4) is 0 Å². The van der Waals surface area contributed by atoms with Gasteiger partial charge in [-0.05, 0) is 66.5 Å². The molecule has 1 aliphatic heterocycles. The predicted octanol–water partition coefficient (Wildman–Crippen LogP) is 8.56. The van der Waals surface area contributed by atoms with Gasteiger partial charge in [0.2, 0.25) is 5.95 Å². The summed E-state index contributed by atoms with van der Waals surface area (Å²) in [6.07, 6.45) is -12.1. The van der Waals surface area contributed by atoms with E-state index in [9.17, 15) is 49.4 Å². The third-order valence-corrected chi connectivity index (χ3v) is 9.51. The normalized spacial score (nSPS) is 18.5. The van der Waals surface area contributed by atoms with Gasteiger partial charge in [0.1, 0.15) is 24.6 Å². The van der Waals surface area contributed by atoms with Crippen LogP contribution in [-0.2, 0) is 27.9 Å². The van der Waals surface area contributed by atoms with Crippen molar-refractivity contribution in [2.75, 3.05) is 30.9 Å². The molecule has 3 aromatic rings. The molecule has 1 fully saturated rings. The Hall–Kier alpha value is -3.73. The standard InChI is InChI=1S/C31H31F9N5O4P/c1-45-13-22-21(18-4-8-20(46)9-5-18)10-11-24(25(22)27(45)47)43-26-23(31(38,39)40)12-41-28(44-26)42-19-6-2-17(3-7-19)14-50(48-15-29(32,33)34)49-16-30(35,36)37/h2-3,6-7,10-12,18,20,46H,4-5,8-9,13-16H2,1H3,(H2,41,42,43,44)/t18-,20-. The Labute approximate surface area is 281 Å². The number of fused-ring (bicyclic) bond motifs is 1. The lowest BCUT2D eigenvalue weighted by Crippen LogP contribution is -2.19. The van der Waals surface area contributed by atoms with Crippen LogP contribution in [0.25, 0.3) is 0 Å². The van der Waals surface area contributed by atoms with Crippen LogP contribution in [0.5, 0.6) is 0 Å². The largest absolute Gasteiger partial charge is 0.421 e. The summed E-state index contributed by atoms with van der Waals surface area (Å²) >= 11 is 0. The SMILES string of the molecule is CN1Cc2c(c(Nc3nc(Nc4ccc(CP(OCC(F)(F)F)OCC(F)(F)F)cc4)ncc3C(F)(F)F)ccc2[C@H]2CC[C@H](O)CC2)C1=O. The van der Waals surface area contributed by atoms with E-state index in [-0.39, 0.29) is 46.8 Å². The molecule has 0 unspecified atom stereocenters. The van der Waals surface area contributed by atoms with Gasteiger partial charge in [0.15, 0.2) is 8.38 Å². The van der Waals surface area contributed by atoms with Crippen LogP contribution in [0.4, 0.5) is 62.7 Å². The number of aromatic nitrogens is 2. The highest BCUT2D eigenvalue weighted by molar-refractivity contribution is 7.46. The molecular weight excluding hydrogens is 708 g/mol. The number of aliphatic hydroxyl groups is 1. The van der Waals surface area contributed by atoms with Crippen molar-refractivity contribution in [3.05, 3.63) is 70.4 Å². The molecule has 0 saturated heterocycles. The number of nitrogens with zero attached hydrogens (tertiary/aromatic N) is 3. The van der Waals surface area contributed by atoms with Crippen molar-refractivity contribution in [1.82, 2.24) is 14.9 Å². The molecule has 0 spiro atoms. The molecule has 1 amide bonds. The van der Waals surface area contributed by atoms with E-state index < -0.39 is 63.8 Å². The third-order valence-electron chi connectivity index (χ3n) is 8.05. The molecule has 0 radical (unpaired) electrons. The molecule has 1 aliphatic carbocycles. The highest BCUT2D eigenvalue weighted by atomic mass is 31.2.